The number of nitrogens with one attached hydrogen (secondary N) is 1. The van der Waals surface area contributed by atoms with Crippen molar-refractivity contribution in [3.05, 3.63) is 42.0 Å². The van der Waals surface area contributed by atoms with E-state index < -0.39 is 6.23 Å². The monoisotopic (exact) mass is 412 g/mol. The molecule has 0 bridgehead atoms. The van der Waals surface area contributed by atoms with Crippen molar-refractivity contribution < 1.29 is 19.7 Å². The fourth-order valence-electron chi connectivity index (χ4n) is 5.11. The first-order valence-corrected chi connectivity index (χ1v) is 11.0. The summed E-state index contributed by atoms with van der Waals surface area (Å²) in [6, 6.07) is 10.9. The molecule has 1 aliphatic carbocycles. The number of aliphatic hydroxyl groups excluding tert-OH is 1. The summed E-state index contributed by atoms with van der Waals surface area (Å²) >= 11 is 0. The first-order chi connectivity index (χ1) is 14.6. The number of hydrogen-bond acceptors (Lipinski definition) is 6. The molecular formula is C24H32N2O4. The smallest absolute Gasteiger partial charge is 0.323 e. The minimum Gasteiger partial charge on any atom is -0.507 e. The van der Waals surface area contributed by atoms with E-state index in [1.165, 1.54) is 39.2 Å². The fraction of sp³-hybridized carbons (Fsp3) is 0.542. The average molecular weight is 413 g/mol. The standard InChI is InChI=1S/C24H32N2O4/c1-30-24(29)21-13-18(15-26(21)14-16-7-3-2-4-8-16)25-23(28)20-12-11-17-9-5-6-10-19(17)22(20)27/h5-6,9-12,16,18,21,23,25,27-28H,2-4,7-8,13-15H2,1H3. The van der Waals surface area contributed by atoms with E-state index in [0.29, 0.717) is 29.8 Å². The third-order valence-electron chi connectivity index (χ3n) is 6.71. The molecule has 6 nitrogen and oxygen atoms in total. The highest BCUT2D eigenvalue weighted by Gasteiger charge is 2.39. The molecule has 162 valence electrons. The number of aromatic hydroxyl groups is 1. The Morgan fingerprint density at radius 1 is 1.20 bits per heavy atom. The largest absolute Gasteiger partial charge is 0.507 e. The molecule has 0 radical (unpaired) electrons. The van der Waals surface area contributed by atoms with Crippen LogP contribution in [0.25, 0.3) is 10.8 Å². The molecule has 3 atom stereocenters. The molecule has 0 amide bonds. The predicted molar refractivity (Wildman–Crippen MR) is 116 cm³/mol. The normalized spacial score (nSPS) is 24.2. The number of carbonyl (C=O) groups is 1. The van der Waals surface area contributed by atoms with Gasteiger partial charge in [0.25, 0.3) is 0 Å². The van der Waals surface area contributed by atoms with E-state index in [2.05, 4.69) is 10.2 Å². The molecule has 2 aliphatic rings. The maximum atomic E-state index is 12.4. The maximum absolute atomic E-state index is 12.4. The number of aliphatic hydroxyl groups is 1. The Kier molecular flexibility index (Phi) is 6.56. The second-order valence-corrected chi connectivity index (χ2v) is 8.72. The number of hydrogen-bond donors (Lipinski definition) is 3. The number of rotatable bonds is 6. The third-order valence-corrected chi connectivity index (χ3v) is 6.71. The van der Waals surface area contributed by atoms with Gasteiger partial charge in [-0.2, -0.15) is 0 Å². The van der Waals surface area contributed by atoms with Gasteiger partial charge >= 0.3 is 5.97 Å². The molecule has 3 unspecified atom stereocenters. The summed E-state index contributed by atoms with van der Waals surface area (Å²) in [5.41, 5.74) is 0.453. The fourth-order valence-corrected chi connectivity index (χ4v) is 5.11. The van der Waals surface area contributed by atoms with Gasteiger partial charge in [-0.3, -0.25) is 15.0 Å². The Bertz CT molecular complexity index is 881. The zero-order chi connectivity index (χ0) is 21.1. The molecular weight excluding hydrogens is 380 g/mol. The number of phenolic OH excluding ortho intramolecular Hbond substituents is 1. The van der Waals surface area contributed by atoms with Gasteiger partial charge in [0.05, 0.1) is 7.11 Å². The Hall–Kier alpha value is -2.15. The lowest BCUT2D eigenvalue weighted by Crippen LogP contribution is -2.40. The molecule has 6 heteroatoms. The van der Waals surface area contributed by atoms with Crippen LogP contribution in [-0.2, 0) is 9.53 Å². The van der Waals surface area contributed by atoms with Crippen molar-refractivity contribution in [2.75, 3.05) is 20.2 Å². The van der Waals surface area contributed by atoms with Crippen molar-refractivity contribution in [1.29, 1.82) is 0 Å². The van der Waals surface area contributed by atoms with Crippen LogP contribution in [0.3, 0.4) is 0 Å². The Morgan fingerprint density at radius 2 is 1.97 bits per heavy atom. The number of ether oxygens (including phenoxy) is 1. The van der Waals surface area contributed by atoms with Crippen LogP contribution in [0.15, 0.2) is 36.4 Å². The summed E-state index contributed by atoms with van der Waals surface area (Å²) in [5.74, 6) is 0.506. The van der Waals surface area contributed by atoms with E-state index in [9.17, 15) is 15.0 Å². The lowest BCUT2D eigenvalue weighted by molar-refractivity contribution is -0.146. The molecule has 2 fully saturated rings. The number of likely N-dealkylation sites (tertiary alicyclic amines) is 1. The van der Waals surface area contributed by atoms with Crippen LogP contribution < -0.4 is 5.32 Å². The van der Waals surface area contributed by atoms with Gasteiger partial charge in [-0.25, -0.2) is 0 Å². The summed E-state index contributed by atoms with van der Waals surface area (Å²) in [5, 5.41) is 26.3. The highest BCUT2D eigenvalue weighted by Crippen LogP contribution is 2.33. The van der Waals surface area contributed by atoms with Crippen LogP contribution >= 0.6 is 0 Å². The van der Waals surface area contributed by atoms with Gasteiger partial charge < -0.3 is 14.9 Å². The summed E-state index contributed by atoms with van der Waals surface area (Å²) < 4.78 is 5.05. The lowest BCUT2D eigenvalue weighted by atomic mass is 9.89. The molecule has 0 spiro atoms. The van der Waals surface area contributed by atoms with E-state index in [0.717, 1.165) is 11.9 Å². The van der Waals surface area contributed by atoms with Crippen molar-refractivity contribution >= 4 is 16.7 Å². The molecule has 2 aromatic rings. The molecule has 1 heterocycles. The van der Waals surface area contributed by atoms with Gasteiger partial charge in [0.15, 0.2) is 0 Å². The molecule has 3 N–H and O–H groups in total. The lowest BCUT2D eigenvalue weighted by Gasteiger charge is -2.29. The number of nitrogens with zero attached hydrogens (tertiary/aromatic N) is 1. The number of fused-ring (bicyclic) bond motifs is 1. The Morgan fingerprint density at radius 3 is 2.73 bits per heavy atom. The quantitative estimate of drug-likeness (QED) is 0.499. The van der Waals surface area contributed by atoms with E-state index in [4.69, 9.17) is 4.74 Å². The van der Waals surface area contributed by atoms with Crippen molar-refractivity contribution in [2.45, 2.75) is 56.8 Å². The van der Waals surface area contributed by atoms with Crippen LogP contribution in [0.5, 0.6) is 5.75 Å². The minimum atomic E-state index is -1.01. The second-order valence-electron chi connectivity index (χ2n) is 8.72. The van der Waals surface area contributed by atoms with Crippen LogP contribution in [0.1, 0.15) is 50.3 Å². The van der Waals surface area contributed by atoms with Crippen molar-refractivity contribution in [3.63, 3.8) is 0 Å². The Balaban J connectivity index is 1.46. The first-order valence-electron chi connectivity index (χ1n) is 11.0. The van der Waals surface area contributed by atoms with Crippen LogP contribution in [0, 0.1) is 5.92 Å². The highest BCUT2D eigenvalue weighted by atomic mass is 16.5. The minimum absolute atomic E-state index is 0.0569. The summed E-state index contributed by atoms with van der Waals surface area (Å²) in [7, 11) is 1.43. The van der Waals surface area contributed by atoms with Crippen LogP contribution in [0.2, 0.25) is 0 Å². The zero-order valence-corrected chi connectivity index (χ0v) is 17.6. The van der Waals surface area contributed by atoms with E-state index >= 15 is 0 Å². The SMILES string of the molecule is COC(=O)C1CC(NC(O)c2ccc3ccccc3c2O)CN1CC1CCCCC1. The predicted octanol–water partition coefficient (Wildman–Crippen LogP) is 3.32. The van der Waals surface area contributed by atoms with E-state index in [1.54, 1.807) is 6.07 Å². The molecule has 1 aliphatic heterocycles. The number of benzene rings is 2. The maximum Gasteiger partial charge on any atom is 0.323 e. The molecule has 30 heavy (non-hydrogen) atoms. The number of phenols is 1. The summed E-state index contributed by atoms with van der Waals surface area (Å²) in [6.07, 6.45) is 5.86. The van der Waals surface area contributed by atoms with Gasteiger partial charge in [0, 0.05) is 30.1 Å². The first kappa shape index (κ1) is 21.1. The van der Waals surface area contributed by atoms with Gasteiger partial charge in [-0.05, 0) is 30.6 Å². The zero-order valence-electron chi connectivity index (χ0n) is 17.6. The van der Waals surface area contributed by atoms with Gasteiger partial charge in [-0.15, -0.1) is 0 Å². The van der Waals surface area contributed by atoms with Crippen molar-refractivity contribution in [3.8, 4) is 5.75 Å². The molecule has 1 saturated heterocycles. The number of methoxy groups -OCH3 is 1. The average Bonchev–Trinajstić information content (AvgIpc) is 3.16. The van der Waals surface area contributed by atoms with Gasteiger partial charge in [0.2, 0.25) is 0 Å². The highest BCUT2D eigenvalue weighted by molar-refractivity contribution is 5.89. The topological polar surface area (TPSA) is 82.0 Å². The van der Waals surface area contributed by atoms with Crippen LogP contribution in [-0.4, -0.2) is 53.4 Å². The molecule has 4 rings (SSSR count). The third kappa shape index (κ3) is 4.46. The van der Waals surface area contributed by atoms with E-state index in [-0.39, 0.29) is 23.8 Å². The summed E-state index contributed by atoms with van der Waals surface area (Å²) in [6.45, 7) is 1.58. The Labute approximate surface area is 177 Å². The van der Waals surface area contributed by atoms with Crippen molar-refractivity contribution in [1.82, 2.24) is 10.2 Å². The van der Waals surface area contributed by atoms with Crippen molar-refractivity contribution in [2.24, 2.45) is 5.92 Å². The number of carbonyl (C=O) groups excluding carboxylic acids is 1. The van der Waals surface area contributed by atoms with E-state index in [1.807, 2.05) is 30.3 Å². The van der Waals surface area contributed by atoms with Crippen LogP contribution in [0.4, 0.5) is 0 Å². The van der Waals surface area contributed by atoms with Gasteiger partial charge in [0.1, 0.15) is 18.0 Å². The molecule has 1 saturated carbocycles. The van der Waals surface area contributed by atoms with Gasteiger partial charge in [-0.1, -0.05) is 55.7 Å². The molecule has 0 aromatic heterocycles. The number of esters is 1. The second kappa shape index (κ2) is 9.33. The molecule has 2 aromatic carbocycles. The summed E-state index contributed by atoms with van der Waals surface area (Å²) in [4.78, 5) is 14.6.